The van der Waals surface area contributed by atoms with Gasteiger partial charge in [-0.3, -0.25) is 5.01 Å². The molecular weight excluding hydrogens is 226 g/mol. The van der Waals surface area contributed by atoms with Crippen molar-refractivity contribution in [2.24, 2.45) is 0 Å². The number of hydrogen-bond donors (Lipinski definition) is 1. The number of rotatable bonds is 5. The first-order chi connectivity index (χ1) is 8.41. The quantitative estimate of drug-likeness (QED) is 0.642. The minimum atomic E-state index is 0.0135. The smallest absolute Gasteiger partial charge is 0.146 e. The summed E-state index contributed by atoms with van der Waals surface area (Å²) in [6.45, 7) is 8.48. The third-order valence-electron chi connectivity index (χ3n) is 2.94. The molecule has 1 unspecified atom stereocenters. The van der Waals surface area contributed by atoms with Gasteiger partial charge in [0.05, 0.1) is 6.04 Å². The lowest BCUT2D eigenvalue weighted by molar-refractivity contribution is -0.108. The van der Waals surface area contributed by atoms with Gasteiger partial charge in [-0.2, -0.15) is 0 Å². The van der Waals surface area contributed by atoms with E-state index >= 15 is 0 Å². The van der Waals surface area contributed by atoms with Crippen LogP contribution < -0.4 is 10.4 Å². The summed E-state index contributed by atoms with van der Waals surface area (Å²) in [6.07, 6.45) is 3.19. The zero-order chi connectivity index (χ0) is 13.8. The molecule has 1 aromatic heterocycles. The van der Waals surface area contributed by atoms with Gasteiger partial charge < -0.3 is 4.79 Å². The molecule has 0 saturated heterocycles. The van der Waals surface area contributed by atoms with Gasteiger partial charge in [0.25, 0.3) is 0 Å². The maximum atomic E-state index is 10.7. The zero-order valence-electron chi connectivity index (χ0n) is 11.9. The number of aromatic nitrogens is 1. The number of hydrazine groups is 1. The fourth-order valence-electron chi connectivity index (χ4n) is 1.95. The molecule has 1 aromatic rings. The van der Waals surface area contributed by atoms with Crippen LogP contribution in [0.25, 0.3) is 0 Å². The number of carbonyl (C=O) groups excluding carboxylic acids is 1. The van der Waals surface area contributed by atoms with Crippen LogP contribution in [0.15, 0.2) is 18.3 Å². The Morgan fingerprint density at radius 1 is 1.50 bits per heavy atom. The van der Waals surface area contributed by atoms with Crippen LogP contribution in [0, 0.1) is 0 Å². The Hall–Kier alpha value is -1.42. The lowest BCUT2D eigenvalue weighted by Crippen LogP contribution is -2.44. The lowest BCUT2D eigenvalue weighted by Gasteiger charge is -2.33. The third-order valence-corrected chi connectivity index (χ3v) is 2.94. The Balaban J connectivity index is 3.17. The highest BCUT2D eigenvalue weighted by molar-refractivity contribution is 5.55. The van der Waals surface area contributed by atoms with E-state index in [4.69, 9.17) is 0 Å². The van der Waals surface area contributed by atoms with E-state index in [1.807, 2.05) is 25.0 Å². The van der Waals surface area contributed by atoms with Crippen LogP contribution >= 0.6 is 0 Å². The number of carbonyl (C=O) groups is 1. The number of nitrogens with one attached hydrogen (secondary N) is 1. The summed E-state index contributed by atoms with van der Waals surface area (Å²) >= 11 is 0. The molecule has 4 heteroatoms. The average Bonchev–Trinajstić information content (AvgIpc) is 2.29. The first kappa shape index (κ1) is 14.6. The number of aldehydes is 1. The Morgan fingerprint density at radius 2 is 2.17 bits per heavy atom. The molecule has 1 rings (SSSR count). The number of pyridine rings is 1. The SMILES string of the molecule is CNN(c1ncccc1C(C)(C)C)C(C)CC=O. The van der Waals surface area contributed by atoms with Crippen LogP contribution in [0.5, 0.6) is 0 Å². The zero-order valence-corrected chi connectivity index (χ0v) is 11.9. The van der Waals surface area contributed by atoms with Crippen molar-refractivity contribution < 1.29 is 4.79 Å². The van der Waals surface area contributed by atoms with Gasteiger partial charge in [0.1, 0.15) is 12.1 Å². The van der Waals surface area contributed by atoms with E-state index in [1.54, 1.807) is 6.20 Å². The number of hydrogen-bond acceptors (Lipinski definition) is 4. The topological polar surface area (TPSA) is 45.2 Å². The van der Waals surface area contributed by atoms with Crippen LogP contribution in [0.1, 0.15) is 39.7 Å². The van der Waals surface area contributed by atoms with Gasteiger partial charge in [-0.05, 0) is 18.4 Å². The van der Waals surface area contributed by atoms with E-state index < -0.39 is 0 Å². The third kappa shape index (κ3) is 3.29. The highest BCUT2D eigenvalue weighted by Crippen LogP contribution is 2.30. The molecule has 0 radical (unpaired) electrons. The standard InChI is InChI=1S/C14H23N3O/c1-11(8-10-18)17(15-5)13-12(14(2,3)4)7-6-9-16-13/h6-7,9-11,15H,8H2,1-5H3. The molecule has 0 aliphatic heterocycles. The molecule has 18 heavy (non-hydrogen) atoms. The Kier molecular flexibility index (Phi) is 4.84. The normalized spacial score (nSPS) is 13.2. The molecule has 0 aromatic carbocycles. The minimum Gasteiger partial charge on any atom is -0.303 e. The second kappa shape index (κ2) is 5.96. The summed E-state index contributed by atoms with van der Waals surface area (Å²) in [6, 6.07) is 4.10. The van der Waals surface area contributed by atoms with Gasteiger partial charge in [0, 0.05) is 25.2 Å². The molecule has 0 aliphatic carbocycles. The lowest BCUT2D eigenvalue weighted by atomic mass is 9.87. The monoisotopic (exact) mass is 249 g/mol. The van der Waals surface area contributed by atoms with Crippen molar-refractivity contribution in [2.45, 2.75) is 45.6 Å². The van der Waals surface area contributed by atoms with Gasteiger partial charge in [-0.25, -0.2) is 10.4 Å². The molecule has 1 N–H and O–H groups in total. The largest absolute Gasteiger partial charge is 0.303 e. The molecule has 0 fully saturated rings. The summed E-state index contributed by atoms with van der Waals surface area (Å²) in [5.74, 6) is 0.891. The molecule has 100 valence electrons. The Bertz CT molecular complexity index is 398. The van der Waals surface area contributed by atoms with Gasteiger partial charge >= 0.3 is 0 Å². The predicted octanol–water partition coefficient (Wildman–Crippen LogP) is 2.30. The van der Waals surface area contributed by atoms with Crippen molar-refractivity contribution in [2.75, 3.05) is 12.1 Å². The fraction of sp³-hybridized carbons (Fsp3) is 0.571. The van der Waals surface area contributed by atoms with Crippen LogP contribution in [0.3, 0.4) is 0 Å². The maximum Gasteiger partial charge on any atom is 0.146 e. The van der Waals surface area contributed by atoms with Crippen molar-refractivity contribution >= 4 is 12.1 Å². The van der Waals surface area contributed by atoms with E-state index in [0.717, 1.165) is 17.7 Å². The van der Waals surface area contributed by atoms with E-state index in [9.17, 15) is 4.79 Å². The highest BCUT2D eigenvalue weighted by atomic mass is 16.1. The van der Waals surface area contributed by atoms with Gasteiger partial charge in [0.15, 0.2) is 0 Å². The highest BCUT2D eigenvalue weighted by Gasteiger charge is 2.24. The van der Waals surface area contributed by atoms with Gasteiger partial charge in [0.2, 0.25) is 0 Å². The summed E-state index contributed by atoms with van der Waals surface area (Å²) in [4.78, 5) is 15.1. The van der Waals surface area contributed by atoms with E-state index in [2.05, 4.69) is 37.2 Å². The maximum absolute atomic E-state index is 10.7. The Morgan fingerprint density at radius 3 is 2.67 bits per heavy atom. The van der Waals surface area contributed by atoms with Crippen molar-refractivity contribution in [1.29, 1.82) is 0 Å². The van der Waals surface area contributed by atoms with Crippen molar-refractivity contribution in [3.63, 3.8) is 0 Å². The average molecular weight is 249 g/mol. The summed E-state index contributed by atoms with van der Waals surface area (Å²) < 4.78 is 0. The van der Waals surface area contributed by atoms with Crippen LogP contribution in [0.4, 0.5) is 5.82 Å². The summed E-state index contributed by atoms with van der Waals surface area (Å²) in [5, 5.41) is 1.95. The molecule has 1 atom stereocenters. The van der Waals surface area contributed by atoms with Crippen molar-refractivity contribution in [3.05, 3.63) is 23.9 Å². The molecular formula is C14H23N3O. The fourth-order valence-corrected chi connectivity index (χ4v) is 1.95. The first-order valence-electron chi connectivity index (χ1n) is 6.27. The second-order valence-corrected chi connectivity index (χ2v) is 5.47. The summed E-state index contributed by atoms with van der Waals surface area (Å²) in [5.41, 5.74) is 4.30. The Labute approximate surface area is 109 Å². The van der Waals surface area contributed by atoms with Gasteiger partial charge in [-0.15, -0.1) is 0 Å². The second-order valence-electron chi connectivity index (χ2n) is 5.47. The molecule has 1 heterocycles. The number of anilines is 1. The molecule has 0 amide bonds. The van der Waals surface area contributed by atoms with Crippen LogP contribution in [0.2, 0.25) is 0 Å². The minimum absolute atomic E-state index is 0.0135. The van der Waals surface area contributed by atoms with Gasteiger partial charge in [-0.1, -0.05) is 26.8 Å². The van der Waals surface area contributed by atoms with E-state index in [-0.39, 0.29) is 11.5 Å². The van der Waals surface area contributed by atoms with Crippen molar-refractivity contribution in [3.8, 4) is 0 Å². The molecule has 0 aliphatic rings. The van der Waals surface area contributed by atoms with Crippen molar-refractivity contribution in [1.82, 2.24) is 10.4 Å². The van der Waals surface area contributed by atoms with E-state index in [1.165, 1.54) is 0 Å². The first-order valence-corrected chi connectivity index (χ1v) is 6.27. The van der Waals surface area contributed by atoms with E-state index in [0.29, 0.717) is 6.42 Å². The molecule has 0 spiro atoms. The molecule has 4 nitrogen and oxygen atoms in total. The van der Waals surface area contributed by atoms with Crippen LogP contribution in [-0.4, -0.2) is 24.4 Å². The molecule has 0 bridgehead atoms. The number of nitrogens with zero attached hydrogens (tertiary/aromatic N) is 2. The predicted molar refractivity (Wildman–Crippen MR) is 74.6 cm³/mol. The summed E-state index contributed by atoms with van der Waals surface area (Å²) in [7, 11) is 1.85. The molecule has 0 saturated carbocycles. The van der Waals surface area contributed by atoms with Crippen LogP contribution in [-0.2, 0) is 10.2 Å².